The van der Waals surface area contributed by atoms with Gasteiger partial charge in [0, 0.05) is 0 Å². The van der Waals surface area contributed by atoms with Gasteiger partial charge in [-0.25, -0.2) is 0 Å². The Morgan fingerprint density at radius 3 is 1.92 bits per heavy atom. The fourth-order valence-corrected chi connectivity index (χ4v) is 7.90. The van der Waals surface area contributed by atoms with Crippen LogP contribution in [0, 0.1) is 0 Å². The van der Waals surface area contributed by atoms with E-state index in [1.807, 2.05) is 18.2 Å². The Morgan fingerprint density at radius 2 is 1.50 bits per heavy atom. The predicted octanol–water partition coefficient (Wildman–Crippen LogP) is 4.06. The first-order valence-corrected chi connectivity index (χ1v) is 11.0. The van der Waals surface area contributed by atoms with Gasteiger partial charge in [0.25, 0.3) is 8.32 Å². The summed E-state index contributed by atoms with van der Waals surface area (Å²) in [6.45, 7) is 10.9. The van der Waals surface area contributed by atoms with E-state index < -0.39 is 14.4 Å². The van der Waals surface area contributed by atoms with Crippen molar-refractivity contribution in [3.05, 3.63) is 85.5 Å². The molecular formula is C23H30O2Si. The summed E-state index contributed by atoms with van der Waals surface area (Å²) in [6.07, 6.45) is 5.48. The minimum absolute atomic E-state index is 0.0384. The van der Waals surface area contributed by atoms with E-state index in [0.717, 1.165) is 0 Å². The van der Waals surface area contributed by atoms with E-state index in [0.29, 0.717) is 13.0 Å². The molecule has 0 aliphatic rings. The van der Waals surface area contributed by atoms with Gasteiger partial charge < -0.3 is 9.53 Å². The number of hydrogen-bond acceptors (Lipinski definition) is 2. The number of rotatable bonds is 8. The molecule has 0 spiro atoms. The first kappa shape index (κ1) is 20.4. The maximum absolute atomic E-state index is 9.87. The molecule has 0 aromatic heterocycles. The van der Waals surface area contributed by atoms with Crippen molar-refractivity contribution in [2.45, 2.75) is 38.3 Å². The Balaban J connectivity index is 2.42. The van der Waals surface area contributed by atoms with Gasteiger partial charge in [-0.15, -0.1) is 6.58 Å². The summed E-state index contributed by atoms with van der Waals surface area (Å²) in [6, 6.07) is 21.1. The van der Waals surface area contributed by atoms with Crippen molar-refractivity contribution in [2.24, 2.45) is 0 Å². The minimum atomic E-state index is -2.49. The molecule has 1 N–H and O–H groups in total. The predicted molar refractivity (Wildman–Crippen MR) is 114 cm³/mol. The van der Waals surface area contributed by atoms with Crippen LogP contribution in [0.4, 0.5) is 0 Å². The van der Waals surface area contributed by atoms with E-state index in [1.54, 1.807) is 12.2 Å². The zero-order valence-corrected chi connectivity index (χ0v) is 17.1. The minimum Gasteiger partial charge on any atom is -0.404 e. The monoisotopic (exact) mass is 366 g/mol. The average molecular weight is 367 g/mol. The second-order valence-corrected chi connectivity index (χ2v) is 11.8. The molecule has 2 aromatic rings. The number of aliphatic hydroxyl groups is 1. The maximum atomic E-state index is 9.87. The molecule has 0 saturated heterocycles. The number of hydrogen-bond donors (Lipinski definition) is 1. The van der Waals surface area contributed by atoms with Gasteiger partial charge in [-0.1, -0.05) is 99.7 Å². The summed E-state index contributed by atoms with van der Waals surface area (Å²) in [7, 11) is -2.49. The summed E-state index contributed by atoms with van der Waals surface area (Å²) in [5.74, 6) is 0. The third kappa shape index (κ3) is 4.61. The van der Waals surface area contributed by atoms with Gasteiger partial charge in [0.2, 0.25) is 0 Å². The van der Waals surface area contributed by atoms with E-state index in [4.69, 9.17) is 4.43 Å². The molecule has 26 heavy (non-hydrogen) atoms. The molecule has 0 bridgehead atoms. The lowest BCUT2D eigenvalue weighted by Crippen LogP contribution is -2.66. The van der Waals surface area contributed by atoms with Crippen molar-refractivity contribution < 1.29 is 9.53 Å². The molecule has 0 aliphatic carbocycles. The van der Waals surface area contributed by atoms with Crippen molar-refractivity contribution in [1.82, 2.24) is 0 Å². The lowest BCUT2D eigenvalue weighted by Gasteiger charge is -2.42. The summed E-state index contributed by atoms with van der Waals surface area (Å²) < 4.78 is 6.71. The Labute approximate surface area is 159 Å². The second-order valence-electron chi connectivity index (χ2n) is 7.49. The molecule has 0 unspecified atom stereocenters. The Kier molecular flexibility index (Phi) is 7.15. The van der Waals surface area contributed by atoms with Gasteiger partial charge in [0.05, 0.1) is 12.7 Å². The zero-order chi connectivity index (χ0) is 19.0. The summed E-state index contributed by atoms with van der Waals surface area (Å²) in [5.41, 5.74) is 0. The molecule has 0 amide bonds. The van der Waals surface area contributed by atoms with Gasteiger partial charge in [-0.3, -0.25) is 0 Å². The van der Waals surface area contributed by atoms with E-state index >= 15 is 0 Å². The van der Waals surface area contributed by atoms with E-state index in [2.05, 4.69) is 75.9 Å². The lowest BCUT2D eigenvalue weighted by atomic mass is 10.2. The molecule has 0 radical (unpaired) electrons. The number of benzene rings is 2. The summed E-state index contributed by atoms with van der Waals surface area (Å²) in [4.78, 5) is 0. The molecule has 2 rings (SSSR count). The maximum Gasteiger partial charge on any atom is 0.261 e. The van der Waals surface area contributed by atoms with Crippen LogP contribution in [0.2, 0.25) is 5.04 Å². The van der Waals surface area contributed by atoms with Crippen LogP contribution in [0.3, 0.4) is 0 Å². The third-order valence-electron chi connectivity index (χ3n) is 4.58. The molecule has 2 aromatic carbocycles. The van der Waals surface area contributed by atoms with Crippen molar-refractivity contribution in [3.8, 4) is 0 Å². The highest BCUT2D eigenvalue weighted by Gasteiger charge is 2.49. The highest BCUT2D eigenvalue weighted by Crippen LogP contribution is 2.36. The topological polar surface area (TPSA) is 29.5 Å². The first-order valence-electron chi connectivity index (χ1n) is 9.12. The Hall–Kier alpha value is -1.94. The van der Waals surface area contributed by atoms with Crippen LogP contribution in [0.15, 0.2) is 85.5 Å². The second kappa shape index (κ2) is 9.13. The lowest BCUT2D eigenvalue weighted by molar-refractivity contribution is 0.225. The molecule has 3 heteroatoms. The SMILES string of the molecule is C=CC[C@@H](O)/C=C/CO[Si](c1ccccc1)(c1ccccc1)C(C)(C)C. The summed E-state index contributed by atoms with van der Waals surface area (Å²) >= 11 is 0. The van der Waals surface area contributed by atoms with Crippen LogP contribution >= 0.6 is 0 Å². The standard InChI is InChI=1S/C23H30O2Si/c1-5-13-20(24)14-12-19-25-26(23(2,3)4,21-15-8-6-9-16-21)22-17-10-7-11-18-22/h5-12,14-18,20,24H,1,13,19H2,2-4H3/b14-12+/t20-/m1/s1. The van der Waals surface area contributed by atoms with Crippen LogP contribution in [0.1, 0.15) is 27.2 Å². The van der Waals surface area contributed by atoms with E-state index in [1.165, 1.54) is 10.4 Å². The molecule has 1 atom stereocenters. The van der Waals surface area contributed by atoms with Crippen LogP contribution < -0.4 is 10.4 Å². The highest BCUT2D eigenvalue weighted by molar-refractivity contribution is 6.99. The molecular weight excluding hydrogens is 336 g/mol. The van der Waals surface area contributed by atoms with Gasteiger partial charge in [0.15, 0.2) is 0 Å². The Morgan fingerprint density at radius 1 is 1.00 bits per heavy atom. The molecule has 0 fully saturated rings. The highest BCUT2D eigenvalue weighted by atomic mass is 28.4. The smallest absolute Gasteiger partial charge is 0.261 e. The van der Waals surface area contributed by atoms with Crippen LogP contribution in [-0.2, 0) is 4.43 Å². The largest absolute Gasteiger partial charge is 0.404 e. The number of aliphatic hydroxyl groups excluding tert-OH is 1. The zero-order valence-electron chi connectivity index (χ0n) is 16.1. The fraction of sp³-hybridized carbons (Fsp3) is 0.304. The van der Waals surface area contributed by atoms with Crippen LogP contribution in [0.5, 0.6) is 0 Å². The normalized spacial score (nSPS) is 13.7. The molecule has 138 valence electrons. The van der Waals surface area contributed by atoms with Crippen molar-refractivity contribution in [1.29, 1.82) is 0 Å². The van der Waals surface area contributed by atoms with Gasteiger partial charge in [-0.2, -0.15) is 0 Å². The van der Waals surface area contributed by atoms with Crippen LogP contribution in [0.25, 0.3) is 0 Å². The van der Waals surface area contributed by atoms with Crippen molar-refractivity contribution in [2.75, 3.05) is 6.61 Å². The van der Waals surface area contributed by atoms with Crippen molar-refractivity contribution >= 4 is 18.7 Å². The first-order chi connectivity index (χ1) is 12.4. The van der Waals surface area contributed by atoms with Gasteiger partial charge in [-0.05, 0) is 21.8 Å². The fourth-order valence-electron chi connectivity index (χ4n) is 3.40. The quantitative estimate of drug-likeness (QED) is 0.564. The van der Waals surface area contributed by atoms with E-state index in [-0.39, 0.29) is 5.04 Å². The molecule has 0 aliphatic heterocycles. The molecule has 0 heterocycles. The third-order valence-corrected chi connectivity index (χ3v) is 9.58. The Bertz CT molecular complexity index is 662. The van der Waals surface area contributed by atoms with Crippen LogP contribution in [-0.4, -0.2) is 26.1 Å². The average Bonchev–Trinajstić information content (AvgIpc) is 2.62. The molecule has 2 nitrogen and oxygen atoms in total. The molecule has 0 saturated carbocycles. The van der Waals surface area contributed by atoms with Gasteiger partial charge >= 0.3 is 0 Å². The van der Waals surface area contributed by atoms with Gasteiger partial charge in [0.1, 0.15) is 0 Å². The van der Waals surface area contributed by atoms with Crippen molar-refractivity contribution in [3.63, 3.8) is 0 Å². The van der Waals surface area contributed by atoms with E-state index in [9.17, 15) is 5.11 Å². The summed E-state index contributed by atoms with van der Waals surface area (Å²) in [5, 5.41) is 12.4.